The maximum Gasteiger partial charge on any atom is 0.222 e. The number of pyridine rings is 1. The molecule has 0 saturated heterocycles. The number of aromatic nitrogens is 1. The Bertz CT molecular complexity index is 869. The van der Waals surface area contributed by atoms with E-state index in [4.69, 9.17) is 21.1 Å². The first-order chi connectivity index (χ1) is 12.8. The molecule has 0 radical (unpaired) electrons. The second-order valence-corrected chi connectivity index (χ2v) is 6.65. The van der Waals surface area contributed by atoms with Gasteiger partial charge in [-0.1, -0.05) is 41.9 Å². The lowest BCUT2D eigenvalue weighted by molar-refractivity contribution is 0.217. The van der Waals surface area contributed by atoms with Crippen LogP contribution in [0.5, 0.6) is 17.5 Å². The van der Waals surface area contributed by atoms with Crippen LogP contribution < -0.4 is 9.47 Å². The summed E-state index contributed by atoms with van der Waals surface area (Å²) in [6.07, 6.45) is 0. The molecule has 5 heteroatoms. The Morgan fingerprint density at radius 3 is 2.62 bits per heavy atom. The average Bonchev–Trinajstić information content (AvgIpc) is 2.86. The summed E-state index contributed by atoms with van der Waals surface area (Å²) in [5.41, 5.74) is 2.37. The molecule has 4 rings (SSSR count). The number of ether oxygens (including phenoxy) is 2. The van der Waals surface area contributed by atoms with Gasteiger partial charge >= 0.3 is 0 Å². The zero-order chi connectivity index (χ0) is 17.8. The van der Waals surface area contributed by atoms with Crippen molar-refractivity contribution in [2.75, 3.05) is 13.2 Å². The molecule has 2 aromatic carbocycles. The molecule has 1 aliphatic heterocycles. The highest BCUT2D eigenvalue weighted by Gasteiger charge is 2.17. The fourth-order valence-corrected chi connectivity index (χ4v) is 3.07. The highest BCUT2D eigenvalue weighted by atomic mass is 35.5. The van der Waals surface area contributed by atoms with Crippen molar-refractivity contribution in [3.05, 3.63) is 82.9 Å². The first-order valence-electron chi connectivity index (χ1n) is 8.59. The maximum absolute atomic E-state index is 5.90. The van der Waals surface area contributed by atoms with E-state index in [0.717, 1.165) is 25.2 Å². The molecule has 0 aliphatic carbocycles. The molecule has 4 nitrogen and oxygen atoms in total. The summed E-state index contributed by atoms with van der Waals surface area (Å²) in [6, 6.07) is 21.6. The Labute approximate surface area is 158 Å². The lowest BCUT2D eigenvalue weighted by Crippen LogP contribution is -2.25. The van der Waals surface area contributed by atoms with Gasteiger partial charge in [0.1, 0.15) is 12.4 Å². The van der Waals surface area contributed by atoms with Gasteiger partial charge in [0, 0.05) is 36.3 Å². The molecule has 3 aromatic rings. The smallest absolute Gasteiger partial charge is 0.222 e. The fourth-order valence-electron chi connectivity index (χ4n) is 2.95. The highest BCUT2D eigenvalue weighted by molar-refractivity contribution is 6.30. The third-order valence-electron chi connectivity index (χ3n) is 4.24. The summed E-state index contributed by atoms with van der Waals surface area (Å²) in [5.74, 6) is 1.86. The topological polar surface area (TPSA) is 34.6 Å². The molecule has 0 spiro atoms. The normalized spacial score (nSPS) is 14.2. The molecule has 1 aliphatic rings. The molecule has 26 heavy (non-hydrogen) atoms. The van der Waals surface area contributed by atoms with E-state index >= 15 is 0 Å². The monoisotopic (exact) mass is 366 g/mol. The van der Waals surface area contributed by atoms with E-state index < -0.39 is 0 Å². The molecule has 0 atom stereocenters. The van der Waals surface area contributed by atoms with Crippen molar-refractivity contribution in [1.82, 2.24) is 9.88 Å². The van der Waals surface area contributed by atoms with Gasteiger partial charge < -0.3 is 9.47 Å². The number of fused-ring (bicyclic) bond motifs is 1. The van der Waals surface area contributed by atoms with Crippen molar-refractivity contribution in [1.29, 1.82) is 0 Å². The molecular formula is C21H19ClN2O2. The van der Waals surface area contributed by atoms with Crippen LogP contribution in [0.3, 0.4) is 0 Å². The van der Waals surface area contributed by atoms with Crippen LogP contribution in [0.1, 0.15) is 11.1 Å². The van der Waals surface area contributed by atoms with Crippen molar-refractivity contribution in [3.8, 4) is 17.5 Å². The van der Waals surface area contributed by atoms with Crippen LogP contribution in [0.15, 0.2) is 66.7 Å². The summed E-state index contributed by atoms with van der Waals surface area (Å²) in [4.78, 5) is 6.89. The van der Waals surface area contributed by atoms with Crippen molar-refractivity contribution in [3.63, 3.8) is 0 Å². The minimum atomic E-state index is 0.516. The van der Waals surface area contributed by atoms with Crippen LogP contribution in [0, 0.1) is 0 Å². The summed E-state index contributed by atoms with van der Waals surface area (Å²) in [5, 5.41) is 0.675. The Hall–Kier alpha value is -2.56. The quantitative estimate of drug-likeness (QED) is 0.656. The van der Waals surface area contributed by atoms with E-state index in [1.54, 1.807) is 12.1 Å². The van der Waals surface area contributed by atoms with E-state index in [1.165, 1.54) is 5.56 Å². The fraction of sp³-hybridized carbons (Fsp3) is 0.190. The first kappa shape index (κ1) is 16.9. The molecule has 0 saturated carbocycles. The van der Waals surface area contributed by atoms with E-state index in [2.05, 4.69) is 34.1 Å². The number of nitrogens with zero attached hydrogens (tertiary/aromatic N) is 2. The number of hydrogen-bond donors (Lipinski definition) is 0. The Balaban J connectivity index is 1.48. The van der Waals surface area contributed by atoms with Gasteiger partial charge in [0.15, 0.2) is 0 Å². The van der Waals surface area contributed by atoms with Crippen molar-refractivity contribution in [2.45, 2.75) is 13.1 Å². The Morgan fingerprint density at radius 1 is 1.00 bits per heavy atom. The predicted octanol–water partition coefficient (Wildman–Crippen LogP) is 4.92. The van der Waals surface area contributed by atoms with Gasteiger partial charge in [-0.15, -0.1) is 0 Å². The molecule has 0 N–H and O–H groups in total. The van der Waals surface area contributed by atoms with Crippen LogP contribution in [-0.4, -0.2) is 23.0 Å². The third-order valence-corrected chi connectivity index (χ3v) is 4.49. The number of hydrogen-bond acceptors (Lipinski definition) is 4. The predicted molar refractivity (Wildman–Crippen MR) is 102 cm³/mol. The maximum atomic E-state index is 5.90. The van der Waals surface area contributed by atoms with E-state index in [-0.39, 0.29) is 0 Å². The van der Waals surface area contributed by atoms with E-state index in [0.29, 0.717) is 29.1 Å². The molecule has 0 amide bonds. The second-order valence-electron chi connectivity index (χ2n) is 6.21. The van der Waals surface area contributed by atoms with Gasteiger partial charge in [0.25, 0.3) is 0 Å². The van der Waals surface area contributed by atoms with Gasteiger partial charge in [-0.3, -0.25) is 4.90 Å². The van der Waals surface area contributed by atoms with Gasteiger partial charge in [-0.05, 0) is 35.9 Å². The largest absolute Gasteiger partial charge is 0.476 e. The molecule has 1 aromatic heterocycles. The third kappa shape index (κ3) is 4.15. The van der Waals surface area contributed by atoms with Gasteiger partial charge in [0.05, 0.1) is 0 Å². The first-order valence-corrected chi connectivity index (χ1v) is 8.96. The molecule has 0 fully saturated rings. The number of benzene rings is 2. The molecule has 0 unspecified atom stereocenters. The molecule has 2 heterocycles. The zero-order valence-electron chi connectivity index (χ0n) is 14.3. The molecular weight excluding hydrogens is 348 g/mol. The van der Waals surface area contributed by atoms with Crippen LogP contribution in [0.4, 0.5) is 0 Å². The number of halogens is 1. The number of rotatable bonds is 4. The summed E-state index contributed by atoms with van der Waals surface area (Å²) in [6.45, 7) is 3.17. The Morgan fingerprint density at radius 2 is 1.81 bits per heavy atom. The minimum absolute atomic E-state index is 0.516. The van der Waals surface area contributed by atoms with Crippen LogP contribution in [0.25, 0.3) is 0 Å². The van der Waals surface area contributed by atoms with E-state index in [9.17, 15) is 0 Å². The molecule has 132 valence electrons. The zero-order valence-corrected chi connectivity index (χ0v) is 15.0. The minimum Gasteiger partial charge on any atom is -0.476 e. The summed E-state index contributed by atoms with van der Waals surface area (Å²) in [7, 11) is 0. The Kier molecular flexibility index (Phi) is 5.04. The van der Waals surface area contributed by atoms with Crippen LogP contribution >= 0.6 is 11.6 Å². The van der Waals surface area contributed by atoms with Gasteiger partial charge in [0.2, 0.25) is 11.8 Å². The highest BCUT2D eigenvalue weighted by Crippen LogP contribution is 2.28. The second kappa shape index (κ2) is 7.77. The average molecular weight is 367 g/mol. The SMILES string of the molecule is Clc1ccc(Oc2ccc3c(n2)OCCN(Cc2ccccc2)C3)cc1. The standard InChI is InChI=1S/C21H19ClN2O2/c22-18-7-9-19(10-8-18)26-20-11-6-17-15-24(12-13-25-21(17)23-20)14-16-4-2-1-3-5-16/h1-11H,12-15H2. The van der Waals surface area contributed by atoms with Crippen molar-refractivity contribution < 1.29 is 9.47 Å². The van der Waals surface area contributed by atoms with Crippen molar-refractivity contribution >= 4 is 11.6 Å². The molecule has 0 bridgehead atoms. The summed E-state index contributed by atoms with van der Waals surface area (Å²) < 4.78 is 11.7. The van der Waals surface area contributed by atoms with E-state index in [1.807, 2.05) is 30.3 Å². The summed E-state index contributed by atoms with van der Waals surface area (Å²) >= 11 is 5.90. The van der Waals surface area contributed by atoms with Crippen LogP contribution in [-0.2, 0) is 13.1 Å². The van der Waals surface area contributed by atoms with Crippen LogP contribution in [0.2, 0.25) is 5.02 Å². The van der Waals surface area contributed by atoms with Gasteiger partial charge in [-0.25, -0.2) is 0 Å². The lowest BCUT2D eigenvalue weighted by atomic mass is 10.2. The lowest BCUT2D eigenvalue weighted by Gasteiger charge is -2.19. The van der Waals surface area contributed by atoms with Gasteiger partial charge in [-0.2, -0.15) is 4.98 Å². The van der Waals surface area contributed by atoms with Crippen molar-refractivity contribution in [2.24, 2.45) is 0 Å².